The van der Waals surface area contributed by atoms with Gasteiger partial charge in [-0.05, 0) is 37.1 Å². The van der Waals surface area contributed by atoms with Crippen LogP contribution in [0.25, 0.3) is 6.08 Å². The van der Waals surface area contributed by atoms with Gasteiger partial charge in [-0.15, -0.1) is 0 Å². The lowest BCUT2D eigenvalue weighted by atomic mass is 10.1. The van der Waals surface area contributed by atoms with Crippen LogP contribution in [0.5, 0.6) is 0 Å². The molecule has 0 saturated heterocycles. The van der Waals surface area contributed by atoms with Crippen LogP contribution in [0.1, 0.15) is 25.0 Å². The Morgan fingerprint density at radius 2 is 1.90 bits per heavy atom. The molecule has 0 amide bonds. The minimum atomic E-state index is -3.72. The van der Waals surface area contributed by atoms with Gasteiger partial charge >= 0.3 is 0 Å². The Labute approximate surface area is 119 Å². The average Bonchev–Trinajstić information content (AvgIpc) is 2.60. The van der Waals surface area contributed by atoms with Crippen molar-refractivity contribution in [1.82, 2.24) is 0 Å². The van der Waals surface area contributed by atoms with Gasteiger partial charge in [0.05, 0.1) is 20.8 Å². The van der Waals surface area contributed by atoms with Crippen molar-refractivity contribution in [3.05, 3.63) is 34.2 Å². The number of sulfone groups is 2. The van der Waals surface area contributed by atoms with E-state index in [1.165, 1.54) is 26.0 Å². The van der Waals surface area contributed by atoms with Crippen LogP contribution in [0.3, 0.4) is 0 Å². The van der Waals surface area contributed by atoms with E-state index in [4.69, 9.17) is 5.73 Å². The highest BCUT2D eigenvalue weighted by atomic mass is 32.2. The van der Waals surface area contributed by atoms with Gasteiger partial charge in [0.2, 0.25) is 9.84 Å². The van der Waals surface area contributed by atoms with Gasteiger partial charge in [0, 0.05) is 6.54 Å². The Bertz CT molecular complexity index is 775. The summed E-state index contributed by atoms with van der Waals surface area (Å²) in [6.45, 7) is 3.32. The molecule has 0 aliphatic carbocycles. The zero-order chi connectivity index (χ0) is 15.1. The van der Waals surface area contributed by atoms with Gasteiger partial charge < -0.3 is 5.73 Å². The molecule has 0 unspecified atom stereocenters. The van der Waals surface area contributed by atoms with Crippen molar-refractivity contribution in [1.29, 1.82) is 0 Å². The number of fused-ring (bicyclic) bond motifs is 1. The van der Waals surface area contributed by atoms with E-state index in [0.717, 1.165) is 0 Å². The van der Waals surface area contributed by atoms with Crippen molar-refractivity contribution < 1.29 is 16.8 Å². The lowest BCUT2D eigenvalue weighted by molar-refractivity contribution is 0.587. The average molecular weight is 315 g/mol. The first-order chi connectivity index (χ1) is 9.18. The minimum Gasteiger partial charge on any atom is -0.326 e. The maximum Gasteiger partial charge on any atom is 0.204 e. The highest BCUT2D eigenvalue weighted by molar-refractivity contribution is 7.98. The van der Waals surface area contributed by atoms with Crippen LogP contribution < -0.4 is 5.73 Å². The molecule has 2 N–H and O–H groups in total. The number of hydrogen-bond acceptors (Lipinski definition) is 5. The van der Waals surface area contributed by atoms with Crippen LogP contribution in [-0.4, -0.2) is 27.8 Å². The van der Waals surface area contributed by atoms with E-state index >= 15 is 0 Å². The van der Waals surface area contributed by atoms with Crippen LogP contribution in [0.4, 0.5) is 0 Å². The monoisotopic (exact) mass is 315 g/mol. The molecule has 5 nitrogen and oxygen atoms in total. The van der Waals surface area contributed by atoms with Gasteiger partial charge in [-0.1, -0.05) is 12.1 Å². The first-order valence-electron chi connectivity index (χ1n) is 6.18. The van der Waals surface area contributed by atoms with E-state index in [1.54, 1.807) is 12.1 Å². The summed E-state index contributed by atoms with van der Waals surface area (Å²) in [5, 5.41) is -0.609. The normalized spacial score (nSPS) is 17.1. The molecule has 110 valence electrons. The summed E-state index contributed by atoms with van der Waals surface area (Å²) in [4.78, 5) is 0.0878. The number of benzene rings is 1. The summed E-state index contributed by atoms with van der Waals surface area (Å²) < 4.78 is 48.6. The molecule has 1 aromatic carbocycles. The quantitative estimate of drug-likeness (QED) is 0.897. The molecule has 1 aliphatic rings. The van der Waals surface area contributed by atoms with Crippen LogP contribution in [0.2, 0.25) is 0 Å². The molecule has 20 heavy (non-hydrogen) atoms. The fourth-order valence-electron chi connectivity index (χ4n) is 1.93. The highest BCUT2D eigenvalue weighted by Crippen LogP contribution is 2.34. The van der Waals surface area contributed by atoms with Crippen LogP contribution in [-0.2, 0) is 26.2 Å². The van der Waals surface area contributed by atoms with Gasteiger partial charge in [0.25, 0.3) is 0 Å². The largest absolute Gasteiger partial charge is 0.326 e. The third-order valence-corrected chi connectivity index (χ3v) is 7.54. The van der Waals surface area contributed by atoms with Crippen LogP contribution >= 0.6 is 0 Å². The maximum absolute atomic E-state index is 12.4. The number of rotatable bonds is 4. The summed E-state index contributed by atoms with van der Waals surface area (Å²) in [5.74, 6) is -0.459. The van der Waals surface area contributed by atoms with E-state index in [9.17, 15) is 16.8 Å². The van der Waals surface area contributed by atoms with Crippen molar-refractivity contribution in [3.8, 4) is 0 Å². The van der Waals surface area contributed by atoms with Gasteiger partial charge in [0.1, 0.15) is 0 Å². The SMILES string of the molecule is CC(C)S(=O)(=O)CC1=Cc2ccc(CN)cc2S1(=O)=O. The zero-order valence-corrected chi connectivity index (χ0v) is 13.0. The third kappa shape index (κ3) is 2.53. The fraction of sp³-hybridized carbons (Fsp3) is 0.385. The summed E-state index contributed by atoms with van der Waals surface area (Å²) >= 11 is 0. The van der Waals surface area contributed by atoms with Crippen LogP contribution in [0.15, 0.2) is 28.0 Å². The molecule has 2 rings (SSSR count). The molecule has 0 fully saturated rings. The molecule has 0 spiro atoms. The smallest absolute Gasteiger partial charge is 0.204 e. The number of nitrogens with two attached hydrogens (primary N) is 1. The van der Waals surface area contributed by atoms with E-state index in [-0.39, 0.29) is 16.3 Å². The fourth-order valence-corrected chi connectivity index (χ4v) is 5.17. The lowest BCUT2D eigenvalue weighted by Gasteiger charge is -2.08. The van der Waals surface area contributed by atoms with Crippen LogP contribution in [0, 0.1) is 0 Å². The molecule has 0 radical (unpaired) electrons. The maximum atomic E-state index is 12.4. The number of hydrogen-bond donors (Lipinski definition) is 1. The van der Waals surface area contributed by atoms with Crippen molar-refractivity contribution in [2.24, 2.45) is 5.73 Å². The Morgan fingerprint density at radius 1 is 1.25 bits per heavy atom. The zero-order valence-electron chi connectivity index (χ0n) is 11.3. The van der Waals surface area contributed by atoms with E-state index in [0.29, 0.717) is 11.1 Å². The molecule has 1 heterocycles. The highest BCUT2D eigenvalue weighted by Gasteiger charge is 2.33. The first-order valence-corrected chi connectivity index (χ1v) is 9.38. The van der Waals surface area contributed by atoms with E-state index in [1.807, 2.05) is 0 Å². The second kappa shape index (κ2) is 4.98. The lowest BCUT2D eigenvalue weighted by Crippen LogP contribution is -2.21. The topological polar surface area (TPSA) is 94.3 Å². The molecule has 0 saturated carbocycles. The Balaban J connectivity index is 2.47. The second-order valence-electron chi connectivity index (χ2n) is 5.05. The van der Waals surface area contributed by atoms with Crippen molar-refractivity contribution in [2.45, 2.75) is 30.5 Å². The van der Waals surface area contributed by atoms with Crippen molar-refractivity contribution in [2.75, 3.05) is 5.75 Å². The summed E-state index contributed by atoms with van der Waals surface area (Å²) in [6.07, 6.45) is 1.44. The molecule has 0 bridgehead atoms. The first kappa shape index (κ1) is 15.2. The predicted molar refractivity (Wildman–Crippen MR) is 78.4 cm³/mol. The molecular formula is C13H17NO4S2. The summed E-state index contributed by atoms with van der Waals surface area (Å²) in [6, 6.07) is 4.91. The standard InChI is InChI=1S/C13H17NO4S2/c1-9(2)19(15,16)8-12-6-11-4-3-10(7-14)5-13(11)20(12,17)18/h3-6,9H,7-8,14H2,1-2H3. The Morgan fingerprint density at radius 3 is 2.45 bits per heavy atom. The molecular weight excluding hydrogens is 298 g/mol. The van der Waals surface area contributed by atoms with Gasteiger partial charge in [-0.3, -0.25) is 0 Å². The molecule has 1 aliphatic heterocycles. The van der Waals surface area contributed by atoms with E-state index < -0.39 is 30.7 Å². The summed E-state index contributed by atoms with van der Waals surface area (Å²) in [7, 11) is -7.18. The summed E-state index contributed by atoms with van der Waals surface area (Å²) in [5.41, 5.74) is 6.73. The Hall–Kier alpha value is -1.18. The van der Waals surface area contributed by atoms with Crippen molar-refractivity contribution >= 4 is 25.8 Å². The van der Waals surface area contributed by atoms with Gasteiger partial charge in [0.15, 0.2) is 9.84 Å². The Kier molecular flexibility index (Phi) is 3.79. The minimum absolute atomic E-state index is 0.0598. The van der Waals surface area contributed by atoms with Gasteiger partial charge in [-0.25, -0.2) is 16.8 Å². The van der Waals surface area contributed by atoms with E-state index in [2.05, 4.69) is 0 Å². The molecule has 0 atom stereocenters. The molecule has 0 aromatic heterocycles. The third-order valence-electron chi connectivity index (χ3n) is 3.33. The molecule has 7 heteroatoms. The van der Waals surface area contributed by atoms with Gasteiger partial charge in [-0.2, -0.15) is 0 Å². The molecule has 1 aromatic rings. The second-order valence-corrected chi connectivity index (χ2v) is 9.57. The van der Waals surface area contributed by atoms with Crippen molar-refractivity contribution in [3.63, 3.8) is 0 Å². The predicted octanol–water partition coefficient (Wildman–Crippen LogP) is 1.10.